The lowest BCUT2D eigenvalue weighted by atomic mass is 10.2. The van der Waals surface area contributed by atoms with Gasteiger partial charge in [-0.25, -0.2) is 4.90 Å². The maximum atomic E-state index is 11.5. The Morgan fingerprint density at radius 2 is 2.07 bits per heavy atom. The van der Waals surface area contributed by atoms with Gasteiger partial charge in [0.1, 0.15) is 11.2 Å². The summed E-state index contributed by atoms with van der Waals surface area (Å²) < 4.78 is 0. The Morgan fingerprint density at radius 3 is 2.50 bits per heavy atom. The van der Waals surface area contributed by atoms with Crippen LogP contribution >= 0.6 is 12.6 Å². The van der Waals surface area contributed by atoms with Gasteiger partial charge in [-0.15, -0.1) is 12.6 Å². The second-order valence-corrected chi connectivity index (χ2v) is 3.52. The van der Waals surface area contributed by atoms with E-state index >= 15 is 0 Å². The van der Waals surface area contributed by atoms with Crippen molar-refractivity contribution in [3.05, 3.63) is 0 Å². The Bertz CT molecular complexity index is 259. The third-order valence-electron chi connectivity index (χ3n) is 2.34. The first kappa shape index (κ1) is 11.5. The van der Waals surface area contributed by atoms with Crippen molar-refractivity contribution in [1.29, 1.82) is 5.41 Å². The molecule has 1 aliphatic rings. The molecular weight excluding hydrogens is 202 g/mol. The van der Waals surface area contributed by atoms with Crippen LogP contribution in [0.25, 0.3) is 0 Å². The fourth-order valence-corrected chi connectivity index (χ4v) is 2.04. The largest absolute Gasteiger partial charge is 0.372 e. The van der Waals surface area contributed by atoms with Gasteiger partial charge in [-0.05, 0) is 6.92 Å². The number of rotatable bonds is 2. The number of hydrogen-bond acceptors (Lipinski definition) is 5. The van der Waals surface area contributed by atoms with Crippen LogP contribution < -0.4 is 0 Å². The molecule has 0 bridgehead atoms. The van der Waals surface area contributed by atoms with Crippen LogP contribution in [0.4, 0.5) is 0 Å². The van der Waals surface area contributed by atoms with Crippen LogP contribution in [0.1, 0.15) is 13.8 Å². The lowest BCUT2D eigenvalue weighted by Gasteiger charge is -2.43. The predicted octanol–water partition coefficient (Wildman–Crippen LogP) is -0.278. The molecule has 2 unspecified atom stereocenters. The molecule has 1 amide bonds. The van der Waals surface area contributed by atoms with E-state index in [9.17, 15) is 9.90 Å². The van der Waals surface area contributed by atoms with Crippen molar-refractivity contribution in [3.8, 4) is 0 Å². The zero-order valence-corrected chi connectivity index (χ0v) is 9.16. The van der Waals surface area contributed by atoms with Crippen molar-refractivity contribution in [3.63, 3.8) is 0 Å². The molecule has 0 aliphatic carbocycles. The van der Waals surface area contributed by atoms with Gasteiger partial charge in [-0.3, -0.25) is 10.2 Å². The van der Waals surface area contributed by atoms with Crippen molar-refractivity contribution in [2.45, 2.75) is 25.6 Å². The fraction of sp³-hybridized carbons (Fsp3) is 0.750. The summed E-state index contributed by atoms with van der Waals surface area (Å²) in [5, 5.41) is 17.0. The van der Waals surface area contributed by atoms with E-state index in [0.717, 1.165) is 0 Å². The number of carbonyl (C=O) groups is 1. The summed E-state index contributed by atoms with van der Waals surface area (Å²) in [6, 6.07) is 0. The lowest BCUT2D eigenvalue weighted by molar-refractivity contribution is -0.135. The molecule has 14 heavy (non-hydrogen) atoms. The van der Waals surface area contributed by atoms with Crippen molar-refractivity contribution in [1.82, 2.24) is 9.80 Å². The first-order chi connectivity index (χ1) is 6.54. The van der Waals surface area contributed by atoms with E-state index in [1.165, 1.54) is 4.90 Å². The van der Waals surface area contributed by atoms with Crippen LogP contribution in [0.15, 0.2) is 0 Å². The highest BCUT2D eigenvalue weighted by atomic mass is 32.1. The summed E-state index contributed by atoms with van der Waals surface area (Å²) >= 11 is 4.24. The normalized spacial score (nSPS) is 29.9. The van der Waals surface area contributed by atoms with Crippen LogP contribution in [0.5, 0.6) is 0 Å². The van der Waals surface area contributed by atoms with Crippen molar-refractivity contribution >= 4 is 24.2 Å². The van der Waals surface area contributed by atoms with E-state index in [1.807, 2.05) is 13.8 Å². The molecule has 1 aliphatic heterocycles. The molecule has 0 aromatic rings. The summed E-state index contributed by atoms with van der Waals surface area (Å²) in [7, 11) is 0. The maximum Gasteiger partial charge on any atom is 0.273 e. The highest BCUT2D eigenvalue weighted by Crippen LogP contribution is 2.19. The Kier molecular flexibility index (Phi) is 3.52. The molecule has 0 spiro atoms. The van der Waals surface area contributed by atoms with Gasteiger partial charge in [0.15, 0.2) is 6.23 Å². The number of aliphatic hydroxyl groups excluding tert-OH is 1. The molecule has 0 radical (unpaired) electrons. The van der Waals surface area contributed by atoms with Gasteiger partial charge in [0.25, 0.3) is 5.91 Å². The molecule has 5 nitrogen and oxygen atoms in total. The number of thiol groups is 1. The average molecular weight is 217 g/mol. The van der Waals surface area contributed by atoms with Gasteiger partial charge >= 0.3 is 0 Å². The zero-order valence-electron chi connectivity index (χ0n) is 8.27. The summed E-state index contributed by atoms with van der Waals surface area (Å²) in [5.74, 6) is -0.440. The van der Waals surface area contributed by atoms with Crippen LogP contribution in [0.3, 0.4) is 0 Å². The molecule has 1 saturated heterocycles. The molecule has 80 valence electrons. The number of carbonyl (C=O) groups excluding carboxylic acids is 1. The Hall–Kier alpha value is -0.590. The van der Waals surface area contributed by atoms with E-state index < -0.39 is 17.6 Å². The molecule has 2 atom stereocenters. The first-order valence-corrected chi connectivity index (χ1v) is 5.07. The van der Waals surface area contributed by atoms with Crippen LogP contribution in [-0.2, 0) is 4.79 Å². The topological polar surface area (TPSA) is 67.6 Å². The van der Waals surface area contributed by atoms with Gasteiger partial charge in [0, 0.05) is 13.1 Å². The number of amides is 1. The molecule has 0 saturated carbocycles. The van der Waals surface area contributed by atoms with Gasteiger partial charge in [-0.1, -0.05) is 6.92 Å². The number of hydrogen-bond donors (Lipinski definition) is 3. The predicted molar refractivity (Wildman–Crippen MR) is 56.3 cm³/mol. The Labute approximate surface area is 88.6 Å². The monoisotopic (exact) mass is 217 g/mol. The molecule has 1 heterocycles. The lowest BCUT2D eigenvalue weighted by Crippen LogP contribution is -2.62. The highest BCUT2D eigenvalue weighted by molar-refractivity contribution is 7.80. The number of nitrogens with zero attached hydrogens (tertiary/aromatic N) is 2. The third-order valence-corrected chi connectivity index (χ3v) is 2.92. The molecule has 0 aromatic heterocycles. The van der Waals surface area contributed by atoms with Crippen LogP contribution in [-0.4, -0.2) is 51.3 Å². The SMILES string of the molecule is CCN1C(=O)C(=N)C(O)N(CC)C1S. The van der Waals surface area contributed by atoms with Gasteiger partial charge in [-0.2, -0.15) is 0 Å². The average Bonchev–Trinajstić information content (AvgIpc) is 2.16. The Balaban J connectivity index is 2.94. The molecule has 6 heteroatoms. The minimum absolute atomic E-state index is 0.279. The van der Waals surface area contributed by atoms with Gasteiger partial charge < -0.3 is 10.0 Å². The second-order valence-electron chi connectivity index (χ2n) is 3.06. The van der Waals surface area contributed by atoms with E-state index in [4.69, 9.17) is 5.41 Å². The number of nitrogens with one attached hydrogen (secondary N) is 1. The van der Waals surface area contributed by atoms with Gasteiger partial charge in [0.05, 0.1) is 0 Å². The minimum atomic E-state index is -1.13. The van der Waals surface area contributed by atoms with Crippen molar-refractivity contribution in [2.75, 3.05) is 13.1 Å². The first-order valence-electron chi connectivity index (χ1n) is 4.55. The fourth-order valence-electron chi connectivity index (χ4n) is 1.48. The van der Waals surface area contributed by atoms with Gasteiger partial charge in [0.2, 0.25) is 0 Å². The Morgan fingerprint density at radius 1 is 1.50 bits per heavy atom. The zero-order chi connectivity index (χ0) is 10.9. The third kappa shape index (κ3) is 1.65. The standard InChI is InChI=1S/C8H15N3O2S/c1-3-10-6(12)5(9)7(13)11(4-2)8(10)14/h6,8-9,12,14H,3-4H2,1-2H3. The number of aliphatic hydroxyl groups is 1. The van der Waals surface area contributed by atoms with E-state index in [-0.39, 0.29) is 5.71 Å². The van der Waals surface area contributed by atoms with E-state index in [0.29, 0.717) is 13.1 Å². The molecule has 1 fully saturated rings. The second kappa shape index (κ2) is 4.29. The molecule has 1 rings (SSSR count). The van der Waals surface area contributed by atoms with Crippen LogP contribution in [0, 0.1) is 5.41 Å². The van der Waals surface area contributed by atoms with Crippen molar-refractivity contribution < 1.29 is 9.90 Å². The quantitative estimate of drug-likeness (QED) is 0.557. The van der Waals surface area contributed by atoms with Crippen molar-refractivity contribution in [2.24, 2.45) is 0 Å². The smallest absolute Gasteiger partial charge is 0.273 e. The summed E-state index contributed by atoms with van der Waals surface area (Å²) in [5.41, 5.74) is -0.722. The summed E-state index contributed by atoms with van der Waals surface area (Å²) in [6.07, 6.45) is -1.13. The summed E-state index contributed by atoms with van der Waals surface area (Å²) in [4.78, 5) is 14.5. The minimum Gasteiger partial charge on any atom is -0.372 e. The molecule has 0 aromatic carbocycles. The maximum absolute atomic E-state index is 11.5. The highest BCUT2D eigenvalue weighted by Gasteiger charge is 2.39. The molecular formula is C8H15N3O2S. The summed E-state index contributed by atoms with van der Waals surface area (Å²) in [6.45, 7) is 4.70. The van der Waals surface area contributed by atoms with E-state index in [1.54, 1.807) is 4.90 Å². The van der Waals surface area contributed by atoms with Crippen LogP contribution in [0.2, 0.25) is 0 Å². The van der Waals surface area contributed by atoms with E-state index in [2.05, 4.69) is 12.6 Å². The molecule has 2 N–H and O–H groups in total.